The number of carbonyl (C=O) groups excluding carboxylic acids is 8. The Kier molecular flexibility index (Phi) is 72.4. The number of aliphatic hydroxyl groups is 1. The van der Waals surface area contributed by atoms with Gasteiger partial charge in [-0.2, -0.15) is 21.6 Å². The summed E-state index contributed by atoms with van der Waals surface area (Å²) in [6, 6.07) is 32.8. The zero-order valence-corrected chi connectivity index (χ0v) is 92.2. The highest BCUT2D eigenvalue weighted by atomic mass is 32.2. The fourth-order valence-corrected chi connectivity index (χ4v) is 12.2. The quantitative estimate of drug-likeness (QED) is 0.0408. The molecule has 0 atom stereocenters. The highest BCUT2D eigenvalue weighted by Gasteiger charge is 2.53. The van der Waals surface area contributed by atoms with Gasteiger partial charge in [0.2, 0.25) is 0 Å². The first-order valence-corrected chi connectivity index (χ1v) is 50.0. The number of alkyl halides is 3. The topological polar surface area (TPSA) is 326 Å². The molecular weight excluding hydrogens is 1800 g/mol. The molecule has 5 aromatic rings. The molecule has 0 aromatic heterocycles. The molecule has 0 saturated carbocycles. The Morgan fingerprint density at radius 3 is 0.920 bits per heavy atom. The molecular formula is C106H176BF3N4O23S. The van der Waals surface area contributed by atoms with Crippen molar-refractivity contribution in [3.8, 4) is 11.5 Å². The minimum Gasteiger partial charge on any atom is -0.508 e. The number of esters is 4. The maximum Gasteiger partial charge on any atom is 0.534 e. The molecule has 5 aromatic carbocycles. The Morgan fingerprint density at radius 1 is 0.391 bits per heavy atom. The summed E-state index contributed by atoms with van der Waals surface area (Å²) in [5.41, 5.74) is 0.313. The lowest BCUT2D eigenvalue weighted by Crippen LogP contribution is -2.41. The largest absolute Gasteiger partial charge is 0.534 e. The van der Waals surface area contributed by atoms with Gasteiger partial charge in [-0.1, -0.05) is 199 Å². The van der Waals surface area contributed by atoms with Crippen LogP contribution in [0.5, 0.6) is 11.5 Å². The van der Waals surface area contributed by atoms with Crippen LogP contribution in [0.3, 0.4) is 0 Å². The first-order valence-electron chi connectivity index (χ1n) is 48.6. The van der Waals surface area contributed by atoms with Crippen molar-refractivity contribution in [2.75, 3.05) is 80.8 Å². The predicted octanol–water partition coefficient (Wildman–Crippen LogP) is 26.7. The smallest absolute Gasteiger partial charge is 0.508 e. The van der Waals surface area contributed by atoms with Gasteiger partial charge in [0, 0.05) is 52.4 Å². The second-order valence-electron chi connectivity index (χ2n) is 33.1. The number of hydrogen-bond donors (Lipinski definition) is 2. The Bertz CT molecular complexity index is 4320. The fraction of sp³-hybridized carbons (Fsp3) is 0.604. The van der Waals surface area contributed by atoms with E-state index >= 15 is 0 Å². The van der Waals surface area contributed by atoms with Crippen LogP contribution >= 0.6 is 0 Å². The number of phenolic OH excluding ortho intramolecular Hbond substituents is 1. The third kappa shape index (κ3) is 53.8. The van der Waals surface area contributed by atoms with Crippen LogP contribution < -0.4 is 4.18 Å². The molecule has 0 aliphatic carbocycles. The molecule has 3 saturated heterocycles. The minimum atomic E-state index is -5.71. The molecule has 32 heteroatoms. The molecule has 138 heavy (non-hydrogen) atoms. The summed E-state index contributed by atoms with van der Waals surface area (Å²) in [6.45, 7) is 75.9. The first kappa shape index (κ1) is 139. The average Bonchev–Trinajstić information content (AvgIpc) is 1.62. The Balaban J connectivity index is -0.000000368. The lowest BCUT2D eigenvalue weighted by atomic mass is 9.75. The normalized spacial score (nSPS) is 14.3. The molecule has 0 bridgehead atoms. The van der Waals surface area contributed by atoms with Gasteiger partial charge >= 0.3 is 71.0 Å². The van der Waals surface area contributed by atoms with E-state index in [1.807, 2.05) is 298 Å². The van der Waals surface area contributed by atoms with E-state index in [1.54, 1.807) is 43.9 Å². The summed E-state index contributed by atoms with van der Waals surface area (Å²) in [5, 5.41) is 17.9. The number of amides is 4. The van der Waals surface area contributed by atoms with Gasteiger partial charge in [0.1, 0.15) is 33.9 Å². The van der Waals surface area contributed by atoms with Crippen molar-refractivity contribution in [3.05, 3.63) is 183 Å². The van der Waals surface area contributed by atoms with Crippen LogP contribution in [0, 0.1) is 0 Å². The number of nitrogens with zero attached hydrogens (tertiary/aromatic N) is 4. The van der Waals surface area contributed by atoms with E-state index in [9.17, 15) is 59.9 Å². The second-order valence-corrected chi connectivity index (χ2v) is 34.6. The van der Waals surface area contributed by atoms with Gasteiger partial charge < -0.3 is 81.2 Å². The summed E-state index contributed by atoms with van der Waals surface area (Å²) >= 11 is 0. The van der Waals surface area contributed by atoms with Crippen molar-refractivity contribution in [1.29, 1.82) is 0 Å². The van der Waals surface area contributed by atoms with Crippen molar-refractivity contribution >= 4 is 71.1 Å². The maximum absolute atomic E-state index is 12.1. The Hall–Kier alpha value is -10.2. The first-order chi connectivity index (χ1) is 64.8. The highest BCUT2D eigenvalue weighted by Crippen LogP contribution is 2.40. The van der Waals surface area contributed by atoms with E-state index in [1.165, 1.54) is 62.3 Å². The summed E-state index contributed by atoms with van der Waals surface area (Å²) in [4.78, 5) is 99.9. The number of carbonyl (C=O) groups is 8. The van der Waals surface area contributed by atoms with Crippen LogP contribution in [0.25, 0.3) is 5.57 Å². The number of hydrogen-bond acceptors (Lipinski definition) is 23. The predicted molar refractivity (Wildman–Crippen MR) is 551 cm³/mol. The van der Waals surface area contributed by atoms with Gasteiger partial charge in [-0.3, -0.25) is 0 Å². The fourth-order valence-electron chi connectivity index (χ4n) is 11.7. The van der Waals surface area contributed by atoms with E-state index in [4.69, 9.17) is 47.9 Å². The maximum atomic E-state index is 12.1. The zero-order valence-electron chi connectivity index (χ0n) is 91.3. The van der Waals surface area contributed by atoms with E-state index in [0.717, 1.165) is 99.6 Å². The Labute approximate surface area is 828 Å². The lowest BCUT2D eigenvalue weighted by Gasteiger charge is -2.33. The van der Waals surface area contributed by atoms with Crippen molar-refractivity contribution in [3.63, 3.8) is 0 Å². The number of rotatable bonds is 11. The number of phenols is 1. The van der Waals surface area contributed by atoms with Crippen LogP contribution in [0.15, 0.2) is 139 Å². The number of aliphatic hydroxyl groups excluding tert-OH is 1. The molecule has 4 amide bonds. The molecule has 5 aliphatic rings. The van der Waals surface area contributed by atoms with Gasteiger partial charge in [0.15, 0.2) is 0 Å². The molecule has 788 valence electrons. The standard InChI is InChI=1S/C18H25NO4.C18H23NO4.C17H25NO3.C16H28BNO4.C9H7F3O5S.C8H8O3.10C2H6/c2*1-18(2,3)23-17(21)19-11-9-14(10-12-19)13-5-7-15(8-6-13)16(20)22-4;1-17(2,3)21-16(20)18-10-8-15(9-11-18)14-6-4-13(12-19)5-7-14;1-14(2,3)20-13(19)18-10-8-12(9-11-18)17-21-15(4,5)16(6,7)22-17;1-16-8(13)6-2-4-7(5-3-6)17-18(14,15)9(10,11)12;1-11-8(10)6-2-4-7(9)5-3-6;10*1-2/h5-8,14H,9-12H2,1-4H3;5-9H,10-12H2,1-4H3;4-7,15,19H,8-12H2,1-3H3;8H,9-11H2,1-7H3;2-5H,1H3;2-5,9H,1H3;10*1-2H3. The number of piperidine rings is 2. The third-order valence-electron chi connectivity index (χ3n) is 18.8. The summed E-state index contributed by atoms with van der Waals surface area (Å²) in [6.07, 6.45) is 8.27. The summed E-state index contributed by atoms with van der Waals surface area (Å²) in [5.74, 6) is -1.30. The van der Waals surface area contributed by atoms with Crippen LogP contribution in [-0.2, 0) is 63.9 Å². The second kappa shape index (κ2) is 72.1. The molecule has 0 spiro atoms. The number of aromatic hydroxyl groups is 1. The molecule has 0 radical (unpaired) electrons. The van der Waals surface area contributed by atoms with Crippen LogP contribution in [0.4, 0.5) is 32.3 Å². The molecule has 2 N–H and O–H groups in total. The van der Waals surface area contributed by atoms with Crippen LogP contribution in [-0.4, -0.2) is 214 Å². The van der Waals surface area contributed by atoms with Crippen LogP contribution in [0.1, 0.15) is 363 Å². The van der Waals surface area contributed by atoms with Gasteiger partial charge in [-0.15, -0.1) is 0 Å². The summed E-state index contributed by atoms with van der Waals surface area (Å²) < 4.78 is 113. The van der Waals surface area contributed by atoms with Crippen molar-refractivity contribution in [1.82, 2.24) is 19.6 Å². The average molecular weight is 1970 g/mol. The minimum absolute atomic E-state index is 0.0502. The van der Waals surface area contributed by atoms with E-state index in [2.05, 4.69) is 25.8 Å². The highest BCUT2D eigenvalue weighted by molar-refractivity contribution is 7.88. The number of halogens is 3. The molecule has 0 unspecified atom stereocenters. The SMILES string of the molecule is CC.CC.CC.CC.CC.CC.CC.CC.CC.CC.CC(C)(C)OC(=O)N1CC=C(B2OC(C)(C)C(C)(C)O2)CC1.CC(C)(C)OC(=O)N1CCC(c2ccc(CO)cc2)CC1.COC(=O)c1ccc(C2=CCN(C(=O)OC(C)(C)C)CC2)cc1.COC(=O)c1ccc(C2CCN(C(=O)OC(C)(C)C)CC2)cc1.COC(=O)c1ccc(O)cc1.COC(=O)c1ccc(OS(=O)(=O)C(F)(F)F)cc1. The van der Waals surface area contributed by atoms with Gasteiger partial charge in [0.25, 0.3) is 0 Å². The number of ether oxygens (including phenoxy) is 8. The van der Waals surface area contributed by atoms with Gasteiger partial charge in [-0.05, 0) is 267 Å². The van der Waals surface area contributed by atoms with Gasteiger partial charge in [0.05, 0.1) is 68.5 Å². The van der Waals surface area contributed by atoms with Crippen LogP contribution in [0.2, 0.25) is 0 Å². The number of benzene rings is 5. The molecule has 27 nitrogen and oxygen atoms in total. The number of methoxy groups -OCH3 is 4. The van der Waals surface area contributed by atoms with Gasteiger partial charge in [-0.25, -0.2) is 38.4 Å². The third-order valence-corrected chi connectivity index (χ3v) is 19.8. The summed E-state index contributed by atoms with van der Waals surface area (Å²) in [7, 11) is -0.835. The van der Waals surface area contributed by atoms with E-state index in [0.29, 0.717) is 67.8 Å². The lowest BCUT2D eigenvalue weighted by molar-refractivity contribution is -0.0500. The monoisotopic (exact) mass is 1970 g/mol. The number of likely N-dealkylation sites (tertiary alicyclic amines) is 2. The van der Waals surface area contributed by atoms with Crippen molar-refractivity contribution < 1.29 is 122 Å². The van der Waals surface area contributed by atoms with Crippen molar-refractivity contribution in [2.45, 2.75) is 345 Å². The van der Waals surface area contributed by atoms with E-state index in [-0.39, 0.29) is 72.6 Å². The molecule has 10 rings (SSSR count). The molecule has 5 heterocycles. The zero-order chi connectivity index (χ0) is 109. The van der Waals surface area contributed by atoms with Crippen molar-refractivity contribution in [2.24, 2.45) is 0 Å². The molecule has 3 fully saturated rings. The Morgan fingerprint density at radius 2 is 0.659 bits per heavy atom. The van der Waals surface area contributed by atoms with E-state index < -0.39 is 55.7 Å². The molecule has 5 aliphatic heterocycles.